The molecule has 2 aromatic carbocycles. The summed E-state index contributed by atoms with van der Waals surface area (Å²) in [5.74, 6) is -1.18. The number of rotatable bonds is 5. The summed E-state index contributed by atoms with van der Waals surface area (Å²) in [6.07, 6.45) is 0.492. The highest BCUT2D eigenvalue weighted by atomic mass is 35.5. The summed E-state index contributed by atoms with van der Waals surface area (Å²) in [7, 11) is -3.77. The van der Waals surface area contributed by atoms with Crippen molar-refractivity contribution in [1.82, 2.24) is 15.2 Å². The van der Waals surface area contributed by atoms with E-state index in [0.717, 1.165) is 0 Å². The highest BCUT2D eigenvalue weighted by Gasteiger charge is 2.29. The molecule has 1 heterocycles. The standard InChI is InChI=1S/C20H22ClN3O5S/c1-2-14-6-7-16(13-18(14)30(27,28)24-8-10-29-11-9-24)20(26)23-22-19(25)15-4-3-5-17(21)12-15/h3-7,12-13H,2,8-11H2,1H3,(H,22,25)(H,23,26). The zero-order valence-electron chi connectivity index (χ0n) is 16.4. The number of carbonyl (C=O) groups excluding carboxylic acids is 2. The lowest BCUT2D eigenvalue weighted by Crippen LogP contribution is -2.42. The second-order valence-electron chi connectivity index (χ2n) is 6.61. The van der Waals surface area contributed by atoms with E-state index in [4.69, 9.17) is 16.3 Å². The molecule has 0 spiro atoms. The summed E-state index contributed by atoms with van der Waals surface area (Å²) in [4.78, 5) is 24.8. The maximum atomic E-state index is 13.1. The summed E-state index contributed by atoms with van der Waals surface area (Å²) < 4.78 is 32.7. The Morgan fingerprint density at radius 1 is 1.03 bits per heavy atom. The van der Waals surface area contributed by atoms with Gasteiger partial charge in [0.1, 0.15) is 0 Å². The second-order valence-corrected chi connectivity index (χ2v) is 8.95. The molecule has 0 unspecified atom stereocenters. The van der Waals surface area contributed by atoms with Gasteiger partial charge in [-0.25, -0.2) is 8.42 Å². The lowest BCUT2D eigenvalue weighted by Gasteiger charge is -2.27. The predicted molar refractivity (Wildman–Crippen MR) is 112 cm³/mol. The Morgan fingerprint density at radius 3 is 2.27 bits per heavy atom. The molecular formula is C20H22ClN3O5S. The van der Waals surface area contributed by atoms with Crippen LogP contribution in [0.1, 0.15) is 33.2 Å². The molecule has 1 saturated heterocycles. The molecule has 0 aliphatic carbocycles. The van der Waals surface area contributed by atoms with Crippen LogP contribution in [0.25, 0.3) is 0 Å². The molecule has 10 heteroatoms. The van der Waals surface area contributed by atoms with Crippen molar-refractivity contribution in [2.75, 3.05) is 26.3 Å². The van der Waals surface area contributed by atoms with Crippen LogP contribution in [-0.2, 0) is 21.2 Å². The molecule has 1 fully saturated rings. The van der Waals surface area contributed by atoms with Crippen molar-refractivity contribution >= 4 is 33.4 Å². The molecule has 160 valence electrons. The molecule has 0 bridgehead atoms. The van der Waals surface area contributed by atoms with Gasteiger partial charge in [-0.05, 0) is 42.3 Å². The van der Waals surface area contributed by atoms with Crippen LogP contribution < -0.4 is 10.9 Å². The topological polar surface area (TPSA) is 105 Å². The second kappa shape index (κ2) is 9.57. The van der Waals surface area contributed by atoms with Gasteiger partial charge in [0.2, 0.25) is 10.0 Å². The first-order valence-electron chi connectivity index (χ1n) is 9.40. The van der Waals surface area contributed by atoms with Gasteiger partial charge in [-0.2, -0.15) is 4.31 Å². The Balaban J connectivity index is 1.78. The maximum Gasteiger partial charge on any atom is 0.269 e. The Morgan fingerprint density at radius 2 is 1.67 bits per heavy atom. The van der Waals surface area contributed by atoms with Gasteiger partial charge < -0.3 is 4.74 Å². The number of hydrogen-bond donors (Lipinski definition) is 2. The van der Waals surface area contributed by atoms with Gasteiger partial charge in [0.05, 0.1) is 18.1 Å². The van der Waals surface area contributed by atoms with Crippen molar-refractivity contribution in [2.24, 2.45) is 0 Å². The average Bonchev–Trinajstić information content (AvgIpc) is 2.77. The van der Waals surface area contributed by atoms with E-state index in [1.165, 1.54) is 22.5 Å². The van der Waals surface area contributed by atoms with Crippen molar-refractivity contribution in [2.45, 2.75) is 18.2 Å². The molecule has 1 aliphatic rings. The van der Waals surface area contributed by atoms with Gasteiger partial charge in [-0.1, -0.05) is 30.7 Å². The number of hydrazine groups is 1. The SMILES string of the molecule is CCc1ccc(C(=O)NNC(=O)c2cccc(Cl)c2)cc1S(=O)(=O)N1CCOCC1. The zero-order valence-corrected chi connectivity index (χ0v) is 17.9. The minimum atomic E-state index is -3.77. The van der Waals surface area contributed by atoms with Gasteiger partial charge >= 0.3 is 0 Å². The van der Waals surface area contributed by atoms with Crippen LogP contribution in [0.3, 0.4) is 0 Å². The van der Waals surface area contributed by atoms with Crippen LogP contribution >= 0.6 is 11.6 Å². The quantitative estimate of drug-likeness (QED) is 0.676. The molecular weight excluding hydrogens is 430 g/mol. The molecule has 2 amide bonds. The molecule has 8 nitrogen and oxygen atoms in total. The third-order valence-electron chi connectivity index (χ3n) is 4.67. The number of morpholine rings is 1. The molecule has 2 aromatic rings. The van der Waals surface area contributed by atoms with Gasteiger partial charge in [0, 0.05) is 29.2 Å². The number of benzene rings is 2. The van der Waals surface area contributed by atoms with Gasteiger partial charge in [-0.15, -0.1) is 0 Å². The van der Waals surface area contributed by atoms with E-state index >= 15 is 0 Å². The van der Waals surface area contributed by atoms with E-state index in [9.17, 15) is 18.0 Å². The molecule has 1 aliphatic heterocycles. The smallest absolute Gasteiger partial charge is 0.269 e. The lowest BCUT2D eigenvalue weighted by molar-refractivity contribution is 0.0730. The number of aryl methyl sites for hydroxylation is 1. The molecule has 0 atom stereocenters. The highest BCUT2D eigenvalue weighted by molar-refractivity contribution is 7.89. The first kappa shape index (κ1) is 22.2. The monoisotopic (exact) mass is 451 g/mol. The number of carbonyl (C=O) groups is 2. The molecule has 0 saturated carbocycles. The Labute approximate surface area is 180 Å². The van der Waals surface area contributed by atoms with Crippen LogP contribution in [0.5, 0.6) is 0 Å². The molecule has 3 rings (SSSR count). The van der Waals surface area contributed by atoms with E-state index in [-0.39, 0.29) is 29.1 Å². The number of ether oxygens (including phenoxy) is 1. The predicted octanol–water partition coefficient (Wildman–Crippen LogP) is 2.00. The van der Waals surface area contributed by atoms with E-state index in [1.807, 2.05) is 6.92 Å². The third kappa shape index (κ3) is 4.99. The largest absolute Gasteiger partial charge is 0.379 e. The normalized spacial score (nSPS) is 14.9. The Kier molecular flexibility index (Phi) is 7.09. The summed E-state index contributed by atoms with van der Waals surface area (Å²) >= 11 is 5.86. The van der Waals surface area contributed by atoms with E-state index in [2.05, 4.69) is 10.9 Å². The van der Waals surface area contributed by atoms with Crippen molar-refractivity contribution in [1.29, 1.82) is 0 Å². The third-order valence-corrected chi connectivity index (χ3v) is 6.89. The van der Waals surface area contributed by atoms with E-state index in [0.29, 0.717) is 30.2 Å². The van der Waals surface area contributed by atoms with Crippen molar-refractivity contribution < 1.29 is 22.7 Å². The summed E-state index contributed by atoms with van der Waals surface area (Å²) in [6.45, 7) is 3.03. The summed E-state index contributed by atoms with van der Waals surface area (Å²) in [5.41, 5.74) is 5.61. The fourth-order valence-electron chi connectivity index (χ4n) is 3.04. The highest BCUT2D eigenvalue weighted by Crippen LogP contribution is 2.23. The van der Waals surface area contributed by atoms with Crippen molar-refractivity contribution in [3.05, 3.63) is 64.2 Å². The van der Waals surface area contributed by atoms with Crippen LogP contribution in [0, 0.1) is 0 Å². The minimum absolute atomic E-state index is 0.0840. The number of halogens is 1. The van der Waals surface area contributed by atoms with E-state index in [1.54, 1.807) is 24.3 Å². The van der Waals surface area contributed by atoms with Gasteiger partial charge in [0.15, 0.2) is 0 Å². The number of nitrogens with zero attached hydrogens (tertiary/aromatic N) is 1. The Hall–Kier alpha value is -2.46. The van der Waals surface area contributed by atoms with Crippen LogP contribution in [0.4, 0.5) is 0 Å². The molecule has 0 aromatic heterocycles. The molecule has 2 N–H and O–H groups in total. The first-order valence-corrected chi connectivity index (χ1v) is 11.2. The molecule has 0 radical (unpaired) electrons. The van der Waals surface area contributed by atoms with Crippen molar-refractivity contribution in [3.8, 4) is 0 Å². The van der Waals surface area contributed by atoms with Gasteiger partial charge in [-0.3, -0.25) is 20.4 Å². The van der Waals surface area contributed by atoms with Crippen molar-refractivity contribution in [3.63, 3.8) is 0 Å². The number of sulfonamides is 1. The summed E-state index contributed by atoms with van der Waals surface area (Å²) in [6, 6.07) is 10.7. The first-order chi connectivity index (χ1) is 14.3. The zero-order chi connectivity index (χ0) is 21.7. The Bertz CT molecular complexity index is 1050. The fraction of sp³-hybridized carbons (Fsp3) is 0.300. The van der Waals surface area contributed by atoms with Crippen LogP contribution in [0.15, 0.2) is 47.4 Å². The molecule has 30 heavy (non-hydrogen) atoms. The number of nitrogens with one attached hydrogen (secondary N) is 2. The number of hydrogen-bond acceptors (Lipinski definition) is 5. The lowest BCUT2D eigenvalue weighted by atomic mass is 10.1. The maximum absolute atomic E-state index is 13.1. The summed E-state index contributed by atoms with van der Waals surface area (Å²) in [5, 5.41) is 0.391. The van der Waals surface area contributed by atoms with Gasteiger partial charge in [0.25, 0.3) is 11.8 Å². The minimum Gasteiger partial charge on any atom is -0.379 e. The van der Waals surface area contributed by atoms with E-state index < -0.39 is 21.8 Å². The van der Waals surface area contributed by atoms with Crippen LogP contribution in [0.2, 0.25) is 5.02 Å². The average molecular weight is 452 g/mol. The fourth-order valence-corrected chi connectivity index (χ4v) is 4.96. The van der Waals surface area contributed by atoms with Crippen LogP contribution in [-0.4, -0.2) is 50.8 Å². The number of amides is 2.